The summed E-state index contributed by atoms with van der Waals surface area (Å²) in [6, 6.07) is 10.1. The average Bonchev–Trinajstić information content (AvgIpc) is 3.50. The van der Waals surface area contributed by atoms with Crippen LogP contribution >= 0.6 is 0 Å². The largest absolute Gasteiger partial charge is 0.339 e. The lowest BCUT2D eigenvalue weighted by Gasteiger charge is -2.16. The number of pyridine rings is 2. The van der Waals surface area contributed by atoms with Crippen LogP contribution in [0.15, 0.2) is 42.7 Å². The third-order valence-electron chi connectivity index (χ3n) is 5.92. The van der Waals surface area contributed by atoms with E-state index in [1.54, 1.807) is 16.9 Å². The molecule has 2 N–H and O–H groups in total. The van der Waals surface area contributed by atoms with Gasteiger partial charge in [-0.25, -0.2) is 9.97 Å². The van der Waals surface area contributed by atoms with Crippen molar-refractivity contribution in [1.82, 2.24) is 34.9 Å². The van der Waals surface area contributed by atoms with Crippen molar-refractivity contribution in [2.75, 3.05) is 20.1 Å². The molecule has 4 aromatic rings. The Balaban J connectivity index is 1.45. The van der Waals surface area contributed by atoms with E-state index in [-0.39, 0.29) is 5.91 Å². The molecule has 1 atom stereocenters. The number of aryl methyl sites for hydroxylation is 2. The predicted octanol–water partition coefficient (Wildman–Crippen LogP) is 2.77. The van der Waals surface area contributed by atoms with Crippen LogP contribution in [0.2, 0.25) is 0 Å². The standard InChI is InChI=1S/C23H25N7O/c1-14-18(13-29(3)28-14)21-10-15-9-16(11-25-22(15)27-21)19-5-4-6-20(26-19)23(31)30-8-7-17(12-30)24-2/h4-6,9-11,13,17,24H,7-8,12H2,1-3H3,(H,25,27). The Kier molecular flexibility index (Phi) is 4.78. The third kappa shape index (κ3) is 3.59. The fraction of sp³-hybridized carbons (Fsp3) is 0.304. The number of H-pyrrole nitrogens is 1. The first-order valence-electron chi connectivity index (χ1n) is 10.4. The lowest BCUT2D eigenvalue weighted by Crippen LogP contribution is -2.33. The smallest absolute Gasteiger partial charge is 0.272 e. The molecule has 1 amide bonds. The van der Waals surface area contributed by atoms with Crippen LogP contribution in [0.25, 0.3) is 33.5 Å². The molecule has 0 aliphatic carbocycles. The van der Waals surface area contributed by atoms with Gasteiger partial charge in [0.25, 0.3) is 5.91 Å². The molecule has 4 aromatic heterocycles. The predicted molar refractivity (Wildman–Crippen MR) is 120 cm³/mol. The van der Waals surface area contributed by atoms with Gasteiger partial charge in [-0.15, -0.1) is 0 Å². The molecule has 1 unspecified atom stereocenters. The molecular weight excluding hydrogens is 390 g/mol. The van der Waals surface area contributed by atoms with Crippen LogP contribution in [0.3, 0.4) is 0 Å². The zero-order valence-corrected chi connectivity index (χ0v) is 17.9. The number of aromatic nitrogens is 5. The summed E-state index contributed by atoms with van der Waals surface area (Å²) in [4.78, 5) is 27.4. The van der Waals surface area contributed by atoms with Crippen molar-refractivity contribution >= 4 is 16.9 Å². The third-order valence-corrected chi connectivity index (χ3v) is 5.92. The van der Waals surface area contributed by atoms with Gasteiger partial charge in [0.1, 0.15) is 11.3 Å². The first kappa shape index (κ1) is 19.4. The van der Waals surface area contributed by atoms with Crippen LogP contribution in [-0.4, -0.2) is 61.7 Å². The van der Waals surface area contributed by atoms with Crippen LogP contribution in [0.1, 0.15) is 22.6 Å². The Morgan fingerprint density at radius 3 is 2.90 bits per heavy atom. The fourth-order valence-corrected chi connectivity index (χ4v) is 4.22. The number of likely N-dealkylation sites (tertiary alicyclic amines) is 1. The maximum Gasteiger partial charge on any atom is 0.272 e. The SMILES string of the molecule is CNC1CCN(C(=O)c2cccc(-c3cnc4[nH]c(-c5cn(C)nc5C)cc4c3)n2)C1. The van der Waals surface area contributed by atoms with Gasteiger partial charge in [-0.3, -0.25) is 9.48 Å². The van der Waals surface area contributed by atoms with Crippen LogP contribution < -0.4 is 5.32 Å². The number of carbonyl (C=O) groups excluding carboxylic acids is 1. The van der Waals surface area contributed by atoms with Gasteiger partial charge < -0.3 is 15.2 Å². The van der Waals surface area contributed by atoms with E-state index in [0.717, 1.165) is 52.2 Å². The second kappa shape index (κ2) is 7.63. The van der Waals surface area contributed by atoms with Crippen molar-refractivity contribution in [1.29, 1.82) is 0 Å². The van der Waals surface area contributed by atoms with Gasteiger partial charge in [-0.05, 0) is 44.7 Å². The molecule has 0 saturated carbocycles. The summed E-state index contributed by atoms with van der Waals surface area (Å²) in [6.45, 7) is 3.46. The van der Waals surface area contributed by atoms with Crippen molar-refractivity contribution in [2.45, 2.75) is 19.4 Å². The Bertz CT molecular complexity index is 1270. The average molecular weight is 416 g/mol. The van der Waals surface area contributed by atoms with Gasteiger partial charge in [0.05, 0.1) is 17.1 Å². The summed E-state index contributed by atoms with van der Waals surface area (Å²) in [5.74, 6) is -0.0235. The second-order valence-corrected chi connectivity index (χ2v) is 8.08. The molecule has 1 aliphatic rings. The van der Waals surface area contributed by atoms with E-state index in [0.29, 0.717) is 18.3 Å². The maximum absolute atomic E-state index is 12.9. The summed E-state index contributed by atoms with van der Waals surface area (Å²) in [6.07, 6.45) is 4.76. The molecule has 5 heterocycles. The Morgan fingerprint density at radius 1 is 1.29 bits per heavy atom. The molecule has 1 aliphatic heterocycles. The number of hydrogen-bond donors (Lipinski definition) is 2. The molecule has 8 heteroatoms. The Hall–Kier alpha value is -3.52. The highest BCUT2D eigenvalue weighted by Crippen LogP contribution is 2.28. The molecule has 1 fully saturated rings. The summed E-state index contributed by atoms with van der Waals surface area (Å²) >= 11 is 0. The Labute approximate surface area is 180 Å². The van der Waals surface area contributed by atoms with E-state index in [2.05, 4.69) is 37.5 Å². The number of hydrogen-bond acceptors (Lipinski definition) is 5. The minimum atomic E-state index is -0.0235. The van der Waals surface area contributed by atoms with E-state index in [1.807, 2.05) is 44.2 Å². The molecule has 1 saturated heterocycles. The number of aromatic amines is 1. The van der Waals surface area contributed by atoms with Gasteiger partial charge in [-0.2, -0.15) is 5.10 Å². The summed E-state index contributed by atoms with van der Waals surface area (Å²) in [5, 5.41) is 8.65. The normalized spacial score (nSPS) is 16.4. The van der Waals surface area contributed by atoms with Gasteiger partial charge in [-0.1, -0.05) is 6.07 Å². The van der Waals surface area contributed by atoms with Gasteiger partial charge >= 0.3 is 0 Å². The van der Waals surface area contributed by atoms with Crippen LogP contribution in [-0.2, 0) is 7.05 Å². The number of carbonyl (C=O) groups is 1. The van der Waals surface area contributed by atoms with Gasteiger partial charge in [0.15, 0.2) is 0 Å². The van der Waals surface area contributed by atoms with E-state index >= 15 is 0 Å². The van der Waals surface area contributed by atoms with Crippen molar-refractivity contribution in [3.05, 3.63) is 54.1 Å². The molecule has 0 aromatic carbocycles. The van der Waals surface area contributed by atoms with Crippen molar-refractivity contribution in [3.8, 4) is 22.5 Å². The topological polar surface area (TPSA) is 91.7 Å². The second-order valence-electron chi connectivity index (χ2n) is 8.08. The highest BCUT2D eigenvalue weighted by atomic mass is 16.2. The summed E-state index contributed by atoms with van der Waals surface area (Å²) < 4.78 is 1.81. The lowest BCUT2D eigenvalue weighted by atomic mass is 10.1. The lowest BCUT2D eigenvalue weighted by molar-refractivity contribution is 0.0784. The Morgan fingerprint density at radius 2 is 2.16 bits per heavy atom. The molecule has 0 bridgehead atoms. The highest BCUT2D eigenvalue weighted by Gasteiger charge is 2.26. The molecule has 0 radical (unpaired) electrons. The number of amides is 1. The van der Waals surface area contributed by atoms with E-state index in [9.17, 15) is 4.79 Å². The minimum absolute atomic E-state index is 0.0235. The van der Waals surface area contributed by atoms with Crippen LogP contribution in [0.5, 0.6) is 0 Å². The molecule has 31 heavy (non-hydrogen) atoms. The molecule has 8 nitrogen and oxygen atoms in total. The molecule has 5 rings (SSSR count). The number of likely N-dealkylation sites (N-methyl/N-ethyl adjacent to an activating group) is 1. The van der Waals surface area contributed by atoms with Gasteiger partial charge in [0.2, 0.25) is 0 Å². The van der Waals surface area contributed by atoms with E-state index < -0.39 is 0 Å². The minimum Gasteiger partial charge on any atom is -0.339 e. The fourth-order valence-electron chi connectivity index (χ4n) is 4.22. The highest BCUT2D eigenvalue weighted by molar-refractivity contribution is 5.93. The number of rotatable bonds is 4. The zero-order valence-electron chi connectivity index (χ0n) is 17.9. The number of nitrogens with zero attached hydrogens (tertiary/aromatic N) is 5. The first-order chi connectivity index (χ1) is 15.0. The monoisotopic (exact) mass is 415 g/mol. The zero-order chi connectivity index (χ0) is 21.5. The van der Waals surface area contributed by atoms with Crippen molar-refractivity contribution in [3.63, 3.8) is 0 Å². The number of nitrogens with one attached hydrogen (secondary N) is 2. The van der Waals surface area contributed by atoms with E-state index in [4.69, 9.17) is 0 Å². The van der Waals surface area contributed by atoms with Crippen molar-refractivity contribution < 1.29 is 4.79 Å². The van der Waals surface area contributed by atoms with Crippen LogP contribution in [0.4, 0.5) is 0 Å². The number of fused-ring (bicyclic) bond motifs is 1. The summed E-state index contributed by atoms with van der Waals surface area (Å²) in [7, 11) is 3.85. The van der Waals surface area contributed by atoms with Gasteiger partial charge in [0, 0.05) is 55.1 Å². The quantitative estimate of drug-likeness (QED) is 0.535. The molecular formula is C23H25N7O. The van der Waals surface area contributed by atoms with Crippen molar-refractivity contribution in [2.24, 2.45) is 7.05 Å². The molecule has 158 valence electrons. The molecule has 0 spiro atoms. The summed E-state index contributed by atoms with van der Waals surface area (Å²) in [5.41, 5.74) is 5.90. The maximum atomic E-state index is 12.9. The first-order valence-corrected chi connectivity index (χ1v) is 10.4. The van der Waals surface area contributed by atoms with E-state index in [1.165, 1.54) is 0 Å². The van der Waals surface area contributed by atoms with Crippen LogP contribution in [0, 0.1) is 6.92 Å².